The smallest absolute Gasteiger partial charge is 0.366 e. The molecule has 0 amide bonds. The van der Waals surface area contributed by atoms with Crippen LogP contribution in [0.5, 0.6) is 0 Å². The summed E-state index contributed by atoms with van der Waals surface area (Å²) in [7, 11) is 0. The minimum Gasteiger partial charge on any atom is -0.366 e. The molecule has 0 bridgehead atoms. The van der Waals surface area contributed by atoms with Crippen LogP contribution < -0.4 is 5.73 Å². The highest BCUT2D eigenvalue weighted by molar-refractivity contribution is 4.65. The number of halogens is 5. The first-order valence-corrected chi connectivity index (χ1v) is 2.99. The maximum Gasteiger partial charge on any atom is 0.411 e. The molecule has 12 heavy (non-hydrogen) atoms. The zero-order chi connectivity index (χ0) is 9.83. The molecule has 2 N–H and O–H groups in total. The molecule has 7 heteroatoms. The maximum absolute atomic E-state index is 12.1. The average molecular weight is 193 g/mol. The Morgan fingerprint density at radius 1 is 1.00 bits per heavy atom. The fourth-order valence-corrected chi connectivity index (χ4v) is 0.375. The molecule has 0 radical (unpaired) electrons. The van der Waals surface area contributed by atoms with Gasteiger partial charge in [-0.2, -0.15) is 13.2 Å². The summed E-state index contributed by atoms with van der Waals surface area (Å²) in [5, 5.41) is 0. The monoisotopic (exact) mass is 193 g/mol. The molecule has 0 atom stereocenters. The van der Waals surface area contributed by atoms with Crippen molar-refractivity contribution in [3.8, 4) is 0 Å². The predicted molar refractivity (Wildman–Crippen MR) is 30.9 cm³/mol. The molecule has 0 aromatic carbocycles. The molecule has 0 unspecified atom stereocenters. The van der Waals surface area contributed by atoms with Crippen molar-refractivity contribution in [3.05, 3.63) is 0 Å². The van der Waals surface area contributed by atoms with Gasteiger partial charge in [-0.15, -0.1) is 0 Å². The van der Waals surface area contributed by atoms with Crippen molar-refractivity contribution in [2.24, 2.45) is 5.73 Å². The minimum atomic E-state index is -4.58. The third-order valence-corrected chi connectivity index (χ3v) is 0.878. The molecule has 0 aromatic heterocycles. The second-order valence-electron chi connectivity index (χ2n) is 2.17. The van der Waals surface area contributed by atoms with E-state index < -0.39 is 31.9 Å². The summed E-state index contributed by atoms with van der Waals surface area (Å²) in [5.74, 6) is -3.38. The van der Waals surface area contributed by atoms with Crippen molar-refractivity contribution in [2.75, 3.05) is 19.8 Å². The molecular formula is C5H8F5NO. The minimum absolute atomic E-state index is 1.02. The van der Waals surface area contributed by atoms with E-state index in [0.717, 1.165) is 0 Å². The van der Waals surface area contributed by atoms with Gasteiger partial charge >= 0.3 is 6.18 Å². The van der Waals surface area contributed by atoms with Crippen LogP contribution in [0.3, 0.4) is 0 Å². The molecule has 0 aliphatic rings. The van der Waals surface area contributed by atoms with Crippen LogP contribution in [-0.2, 0) is 4.74 Å². The number of rotatable bonds is 4. The first-order chi connectivity index (χ1) is 5.27. The van der Waals surface area contributed by atoms with Crippen LogP contribution in [0.15, 0.2) is 0 Å². The van der Waals surface area contributed by atoms with E-state index in [1.54, 1.807) is 0 Å². The molecule has 0 saturated heterocycles. The summed E-state index contributed by atoms with van der Waals surface area (Å²) >= 11 is 0. The van der Waals surface area contributed by atoms with E-state index in [-0.39, 0.29) is 0 Å². The Kier molecular flexibility index (Phi) is 3.85. The molecule has 0 saturated carbocycles. The molecule has 2 nitrogen and oxygen atoms in total. The Morgan fingerprint density at radius 2 is 1.50 bits per heavy atom. The van der Waals surface area contributed by atoms with E-state index in [2.05, 4.69) is 10.5 Å². The van der Waals surface area contributed by atoms with Crippen LogP contribution in [0, 0.1) is 0 Å². The first kappa shape index (κ1) is 11.6. The van der Waals surface area contributed by atoms with Gasteiger partial charge in [0.05, 0.1) is 6.54 Å². The quantitative estimate of drug-likeness (QED) is 0.680. The van der Waals surface area contributed by atoms with Crippen LogP contribution in [0.4, 0.5) is 22.0 Å². The van der Waals surface area contributed by atoms with Gasteiger partial charge in [0.15, 0.2) is 0 Å². The standard InChI is InChI=1S/C5H8F5NO/c6-4(7,1-11)2-12-3-5(8,9)10/h1-3,11H2. The highest BCUT2D eigenvalue weighted by atomic mass is 19.4. The third kappa shape index (κ3) is 6.29. The Hall–Kier alpha value is -0.430. The molecule has 0 spiro atoms. The lowest BCUT2D eigenvalue weighted by Gasteiger charge is -2.14. The van der Waals surface area contributed by atoms with E-state index in [9.17, 15) is 22.0 Å². The third-order valence-electron chi connectivity index (χ3n) is 0.878. The summed E-state index contributed by atoms with van der Waals surface area (Å²) in [6.45, 7) is -4.00. The van der Waals surface area contributed by atoms with E-state index in [1.165, 1.54) is 0 Å². The van der Waals surface area contributed by atoms with Crippen LogP contribution in [-0.4, -0.2) is 31.9 Å². The fourth-order valence-electron chi connectivity index (χ4n) is 0.375. The molecule has 0 rings (SSSR count). The van der Waals surface area contributed by atoms with Gasteiger partial charge < -0.3 is 10.5 Å². The van der Waals surface area contributed by atoms with Crippen molar-refractivity contribution in [1.82, 2.24) is 0 Å². The van der Waals surface area contributed by atoms with E-state index in [4.69, 9.17) is 0 Å². The number of nitrogens with two attached hydrogens (primary N) is 1. The van der Waals surface area contributed by atoms with Gasteiger partial charge in [-0.1, -0.05) is 0 Å². The van der Waals surface area contributed by atoms with Crippen LogP contribution >= 0.6 is 0 Å². The van der Waals surface area contributed by atoms with E-state index >= 15 is 0 Å². The fraction of sp³-hybridized carbons (Fsp3) is 1.00. The lowest BCUT2D eigenvalue weighted by molar-refractivity contribution is -0.190. The predicted octanol–water partition coefficient (Wildman–Crippen LogP) is 1.16. The van der Waals surface area contributed by atoms with E-state index in [1.807, 2.05) is 0 Å². The summed E-state index contributed by atoms with van der Waals surface area (Å²) in [5.41, 5.74) is 4.54. The topological polar surface area (TPSA) is 35.2 Å². The SMILES string of the molecule is NCC(F)(F)COCC(F)(F)F. The molecule has 74 valence electrons. The average Bonchev–Trinajstić information content (AvgIpc) is 1.84. The zero-order valence-corrected chi connectivity index (χ0v) is 6.00. The summed E-state index contributed by atoms with van der Waals surface area (Å²) in [4.78, 5) is 0. The first-order valence-electron chi connectivity index (χ1n) is 2.99. The molecule has 0 aromatic rings. The van der Waals surface area contributed by atoms with Crippen molar-refractivity contribution < 1.29 is 26.7 Å². The molecule has 0 aliphatic carbocycles. The van der Waals surface area contributed by atoms with Gasteiger partial charge in [0.25, 0.3) is 5.92 Å². The Labute approximate surface area is 65.5 Å². The highest BCUT2D eigenvalue weighted by Gasteiger charge is 2.32. The van der Waals surface area contributed by atoms with Gasteiger partial charge in [0.1, 0.15) is 13.2 Å². The molecule has 0 fully saturated rings. The molecule has 0 aliphatic heterocycles. The molecule has 0 heterocycles. The molecular weight excluding hydrogens is 185 g/mol. The van der Waals surface area contributed by atoms with Gasteiger partial charge in [0.2, 0.25) is 0 Å². The van der Waals surface area contributed by atoms with Gasteiger partial charge in [-0.25, -0.2) is 8.78 Å². The lowest BCUT2D eigenvalue weighted by atomic mass is 10.4. The Morgan fingerprint density at radius 3 is 1.83 bits per heavy atom. The van der Waals surface area contributed by atoms with Crippen LogP contribution in [0.25, 0.3) is 0 Å². The highest BCUT2D eigenvalue weighted by Crippen LogP contribution is 2.17. The summed E-state index contributed by atoms with van der Waals surface area (Å²) < 4.78 is 61.9. The Bertz CT molecular complexity index is 134. The lowest BCUT2D eigenvalue weighted by Crippen LogP contribution is -2.34. The summed E-state index contributed by atoms with van der Waals surface area (Å²) in [6.07, 6.45) is -4.58. The summed E-state index contributed by atoms with van der Waals surface area (Å²) in [6, 6.07) is 0. The number of alkyl halides is 5. The van der Waals surface area contributed by atoms with Gasteiger partial charge in [0, 0.05) is 0 Å². The van der Waals surface area contributed by atoms with E-state index in [0.29, 0.717) is 0 Å². The van der Waals surface area contributed by atoms with Crippen LogP contribution in [0.2, 0.25) is 0 Å². The Balaban J connectivity index is 3.57. The second kappa shape index (κ2) is 3.99. The van der Waals surface area contributed by atoms with Crippen molar-refractivity contribution in [2.45, 2.75) is 12.1 Å². The normalized spacial score (nSPS) is 13.5. The van der Waals surface area contributed by atoms with Crippen molar-refractivity contribution in [3.63, 3.8) is 0 Å². The zero-order valence-electron chi connectivity index (χ0n) is 6.00. The van der Waals surface area contributed by atoms with Crippen LogP contribution in [0.1, 0.15) is 0 Å². The van der Waals surface area contributed by atoms with Crippen molar-refractivity contribution >= 4 is 0 Å². The number of hydrogen-bond donors (Lipinski definition) is 1. The van der Waals surface area contributed by atoms with Gasteiger partial charge in [-0.05, 0) is 0 Å². The number of ether oxygens (including phenoxy) is 1. The largest absolute Gasteiger partial charge is 0.411 e. The second-order valence-corrected chi connectivity index (χ2v) is 2.17. The maximum atomic E-state index is 12.1. The number of hydrogen-bond acceptors (Lipinski definition) is 2. The van der Waals surface area contributed by atoms with Crippen molar-refractivity contribution in [1.29, 1.82) is 0 Å². The van der Waals surface area contributed by atoms with Gasteiger partial charge in [-0.3, -0.25) is 0 Å².